The SMILES string of the molecule is COc1cccc2c1C(=O)C(S(=O)(=O)c1ccccc1)C(c1ccccc1)C2. The minimum Gasteiger partial charge on any atom is -0.496 e. The fourth-order valence-corrected chi connectivity index (χ4v) is 5.89. The molecule has 1 aliphatic rings. The van der Waals surface area contributed by atoms with Crippen LogP contribution in [0.3, 0.4) is 0 Å². The molecule has 28 heavy (non-hydrogen) atoms. The Morgan fingerprint density at radius 2 is 1.50 bits per heavy atom. The van der Waals surface area contributed by atoms with E-state index in [2.05, 4.69) is 0 Å². The van der Waals surface area contributed by atoms with E-state index in [1.807, 2.05) is 42.5 Å². The van der Waals surface area contributed by atoms with Crippen molar-refractivity contribution in [2.24, 2.45) is 0 Å². The van der Waals surface area contributed by atoms with Gasteiger partial charge in [0.2, 0.25) is 0 Å². The number of fused-ring (bicyclic) bond motifs is 1. The van der Waals surface area contributed by atoms with Gasteiger partial charge in [-0.05, 0) is 35.7 Å². The first-order valence-electron chi connectivity index (χ1n) is 9.08. The number of hydrogen-bond acceptors (Lipinski definition) is 4. The molecule has 0 heterocycles. The van der Waals surface area contributed by atoms with Crippen molar-refractivity contribution in [1.29, 1.82) is 0 Å². The maximum Gasteiger partial charge on any atom is 0.189 e. The van der Waals surface area contributed by atoms with Crippen LogP contribution in [-0.4, -0.2) is 26.6 Å². The Hall–Kier alpha value is -2.92. The number of methoxy groups -OCH3 is 1. The van der Waals surface area contributed by atoms with E-state index in [1.54, 1.807) is 36.4 Å². The summed E-state index contributed by atoms with van der Waals surface area (Å²) < 4.78 is 32.4. The first kappa shape index (κ1) is 18.4. The van der Waals surface area contributed by atoms with Crippen molar-refractivity contribution in [2.45, 2.75) is 22.5 Å². The summed E-state index contributed by atoms with van der Waals surface area (Å²) in [7, 11) is -2.39. The van der Waals surface area contributed by atoms with Crippen LogP contribution in [0.1, 0.15) is 27.4 Å². The van der Waals surface area contributed by atoms with Crippen molar-refractivity contribution in [3.05, 3.63) is 95.6 Å². The fraction of sp³-hybridized carbons (Fsp3) is 0.174. The minimum atomic E-state index is -3.88. The molecule has 1 aliphatic carbocycles. The molecule has 142 valence electrons. The third-order valence-electron chi connectivity index (χ3n) is 5.28. The molecule has 0 fully saturated rings. The first-order valence-corrected chi connectivity index (χ1v) is 10.6. The van der Waals surface area contributed by atoms with E-state index >= 15 is 0 Å². The Balaban J connectivity index is 1.93. The normalized spacial score (nSPS) is 19.1. The summed E-state index contributed by atoms with van der Waals surface area (Å²) >= 11 is 0. The van der Waals surface area contributed by atoms with E-state index in [9.17, 15) is 13.2 Å². The fourth-order valence-electron chi connectivity index (χ4n) is 3.97. The number of rotatable bonds is 4. The number of carbonyl (C=O) groups is 1. The molecule has 4 rings (SSSR count). The summed E-state index contributed by atoms with van der Waals surface area (Å²) in [6.07, 6.45) is 0.457. The molecule has 5 heteroatoms. The highest BCUT2D eigenvalue weighted by Gasteiger charge is 2.46. The second-order valence-electron chi connectivity index (χ2n) is 6.86. The van der Waals surface area contributed by atoms with Gasteiger partial charge in [-0.2, -0.15) is 0 Å². The Morgan fingerprint density at radius 3 is 2.14 bits per heavy atom. The molecule has 0 amide bonds. The van der Waals surface area contributed by atoms with Crippen LogP contribution in [0.25, 0.3) is 0 Å². The maximum atomic E-state index is 13.5. The Kier molecular flexibility index (Phi) is 4.77. The molecule has 0 N–H and O–H groups in total. The molecule has 3 aromatic carbocycles. The average Bonchev–Trinajstić information content (AvgIpc) is 2.74. The summed E-state index contributed by atoms with van der Waals surface area (Å²) in [6, 6.07) is 23.0. The van der Waals surface area contributed by atoms with Gasteiger partial charge in [-0.3, -0.25) is 4.79 Å². The van der Waals surface area contributed by atoms with E-state index in [4.69, 9.17) is 4.74 Å². The van der Waals surface area contributed by atoms with Crippen molar-refractivity contribution in [3.8, 4) is 5.75 Å². The van der Waals surface area contributed by atoms with Crippen LogP contribution in [0.4, 0.5) is 0 Å². The van der Waals surface area contributed by atoms with Crippen molar-refractivity contribution in [1.82, 2.24) is 0 Å². The summed E-state index contributed by atoms with van der Waals surface area (Å²) in [5.41, 5.74) is 2.04. The largest absolute Gasteiger partial charge is 0.496 e. The number of ether oxygens (including phenoxy) is 1. The minimum absolute atomic E-state index is 0.160. The van der Waals surface area contributed by atoms with Crippen molar-refractivity contribution >= 4 is 15.6 Å². The highest BCUT2D eigenvalue weighted by molar-refractivity contribution is 7.93. The molecule has 2 unspecified atom stereocenters. The van der Waals surface area contributed by atoms with Gasteiger partial charge in [0.05, 0.1) is 17.6 Å². The molecular formula is C23H20O4S. The number of carbonyl (C=O) groups excluding carboxylic acids is 1. The van der Waals surface area contributed by atoms with Crippen LogP contribution in [0, 0.1) is 0 Å². The lowest BCUT2D eigenvalue weighted by Gasteiger charge is -2.32. The summed E-state index contributed by atoms with van der Waals surface area (Å²) in [4.78, 5) is 13.7. The van der Waals surface area contributed by atoms with Gasteiger partial charge in [-0.15, -0.1) is 0 Å². The number of benzene rings is 3. The zero-order valence-corrected chi connectivity index (χ0v) is 16.2. The predicted octanol–water partition coefficient (Wildman–Crippen LogP) is 4.06. The monoisotopic (exact) mass is 392 g/mol. The van der Waals surface area contributed by atoms with Gasteiger partial charge >= 0.3 is 0 Å². The topological polar surface area (TPSA) is 60.4 Å². The van der Waals surface area contributed by atoms with E-state index in [0.29, 0.717) is 17.7 Å². The van der Waals surface area contributed by atoms with Crippen LogP contribution in [0.5, 0.6) is 5.75 Å². The average molecular weight is 392 g/mol. The molecule has 0 aromatic heterocycles. The highest BCUT2D eigenvalue weighted by Crippen LogP contribution is 2.41. The van der Waals surface area contributed by atoms with Crippen LogP contribution in [0.15, 0.2) is 83.8 Å². The van der Waals surface area contributed by atoms with Gasteiger partial charge in [-0.25, -0.2) is 8.42 Å². The smallest absolute Gasteiger partial charge is 0.189 e. The van der Waals surface area contributed by atoms with E-state index in [1.165, 1.54) is 7.11 Å². The molecule has 0 saturated heterocycles. The Labute approximate surface area is 164 Å². The summed E-state index contributed by atoms with van der Waals surface area (Å²) in [5.74, 6) is -0.447. The molecule has 0 saturated carbocycles. The Morgan fingerprint density at radius 1 is 0.857 bits per heavy atom. The number of hydrogen-bond donors (Lipinski definition) is 0. The van der Waals surface area contributed by atoms with Gasteiger partial charge in [0.25, 0.3) is 0 Å². The summed E-state index contributed by atoms with van der Waals surface area (Å²) in [5, 5.41) is -1.19. The highest BCUT2D eigenvalue weighted by atomic mass is 32.2. The van der Waals surface area contributed by atoms with Gasteiger partial charge < -0.3 is 4.74 Å². The maximum absolute atomic E-state index is 13.5. The van der Waals surface area contributed by atoms with Crippen molar-refractivity contribution in [3.63, 3.8) is 0 Å². The quantitative estimate of drug-likeness (QED) is 0.672. The second-order valence-corrected chi connectivity index (χ2v) is 8.93. The lowest BCUT2D eigenvalue weighted by Crippen LogP contribution is -2.41. The molecule has 4 nitrogen and oxygen atoms in total. The Bertz CT molecular complexity index is 1110. The number of sulfone groups is 1. The summed E-state index contributed by atoms with van der Waals surface area (Å²) in [6.45, 7) is 0. The zero-order chi connectivity index (χ0) is 19.7. The van der Waals surface area contributed by atoms with Gasteiger partial charge in [0.1, 0.15) is 11.0 Å². The van der Waals surface area contributed by atoms with Crippen LogP contribution < -0.4 is 4.74 Å². The molecule has 0 spiro atoms. The lowest BCUT2D eigenvalue weighted by molar-refractivity contribution is 0.0965. The third kappa shape index (κ3) is 3.02. The molecule has 0 bridgehead atoms. The number of ketones is 1. The second kappa shape index (κ2) is 7.24. The van der Waals surface area contributed by atoms with Crippen LogP contribution in [0.2, 0.25) is 0 Å². The third-order valence-corrected chi connectivity index (χ3v) is 7.42. The van der Waals surface area contributed by atoms with Gasteiger partial charge in [0.15, 0.2) is 15.6 Å². The van der Waals surface area contributed by atoms with E-state index < -0.39 is 26.8 Å². The standard InChI is InChI=1S/C23H20O4S/c1-27-20-14-8-11-17-15-19(16-9-4-2-5-10-16)23(22(24)21(17)20)28(25,26)18-12-6-3-7-13-18/h2-14,19,23H,15H2,1H3. The van der Waals surface area contributed by atoms with Gasteiger partial charge in [0, 0.05) is 5.92 Å². The zero-order valence-electron chi connectivity index (χ0n) is 15.4. The van der Waals surface area contributed by atoms with Gasteiger partial charge in [-0.1, -0.05) is 60.7 Å². The number of Topliss-reactive ketones (excluding diaryl/α,β-unsaturated/α-hetero) is 1. The lowest BCUT2D eigenvalue weighted by atomic mass is 9.78. The van der Waals surface area contributed by atoms with E-state index in [0.717, 1.165) is 11.1 Å². The predicted molar refractivity (Wildman–Crippen MR) is 108 cm³/mol. The molecule has 0 radical (unpaired) electrons. The molecule has 3 aromatic rings. The first-order chi connectivity index (χ1) is 13.5. The molecule has 0 aliphatic heterocycles. The van der Waals surface area contributed by atoms with E-state index in [-0.39, 0.29) is 4.90 Å². The molecule has 2 atom stereocenters. The van der Waals surface area contributed by atoms with Crippen LogP contribution >= 0.6 is 0 Å². The van der Waals surface area contributed by atoms with Crippen LogP contribution in [-0.2, 0) is 16.3 Å². The van der Waals surface area contributed by atoms with Crippen molar-refractivity contribution in [2.75, 3.05) is 7.11 Å². The van der Waals surface area contributed by atoms with Crippen molar-refractivity contribution < 1.29 is 17.9 Å². The molecular weight excluding hydrogens is 372 g/mol.